The zero-order valence-corrected chi connectivity index (χ0v) is 26.1. The van der Waals surface area contributed by atoms with Crippen molar-refractivity contribution < 1.29 is 22.4 Å². The van der Waals surface area contributed by atoms with Gasteiger partial charge in [-0.3, -0.25) is 13.9 Å². The van der Waals surface area contributed by atoms with Crippen molar-refractivity contribution in [2.45, 2.75) is 77.4 Å². The fourth-order valence-corrected chi connectivity index (χ4v) is 6.74. The van der Waals surface area contributed by atoms with Gasteiger partial charge in [-0.05, 0) is 61.9 Å². The van der Waals surface area contributed by atoms with Crippen LogP contribution < -0.4 is 9.62 Å². The molecule has 1 N–H and O–H groups in total. The van der Waals surface area contributed by atoms with Gasteiger partial charge in [0.2, 0.25) is 21.8 Å². The molecule has 7 nitrogen and oxygen atoms in total. The SMILES string of the molecule is Cc1cccc(N(CCCC(=O)N(Cc2ccccc2F)[C@@H](Cc2ccccc2)C(=O)NC2CCCC2)S(C)(=O)=O)c1C. The third kappa shape index (κ3) is 8.66. The summed E-state index contributed by atoms with van der Waals surface area (Å²) < 4.78 is 41.8. The maximum absolute atomic E-state index is 14.9. The number of nitrogens with zero attached hydrogens (tertiary/aromatic N) is 2. The number of aryl methyl sites for hydroxylation is 1. The Morgan fingerprint density at radius 2 is 1.63 bits per heavy atom. The van der Waals surface area contributed by atoms with E-state index in [1.165, 1.54) is 15.3 Å². The van der Waals surface area contributed by atoms with Gasteiger partial charge in [0.05, 0.1) is 11.9 Å². The molecule has 0 aliphatic heterocycles. The quantitative estimate of drug-likeness (QED) is 0.271. The molecular formula is C34H42FN3O4S. The molecule has 0 spiro atoms. The highest BCUT2D eigenvalue weighted by atomic mass is 32.2. The molecule has 0 heterocycles. The van der Waals surface area contributed by atoms with Crippen LogP contribution in [0.3, 0.4) is 0 Å². The fraction of sp³-hybridized carbons (Fsp3) is 0.412. The minimum Gasteiger partial charge on any atom is -0.352 e. The molecule has 43 heavy (non-hydrogen) atoms. The highest BCUT2D eigenvalue weighted by Crippen LogP contribution is 2.26. The van der Waals surface area contributed by atoms with E-state index in [1.807, 2.05) is 56.3 Å². The van der Waals surface area contributed by atoms with Gasteiger partial charge < -0.3 is 10.2 Å². The number of anilines is 1. The normalized spacial score (nSPS) is 14.3. The molecule has 1 aliphatic carbocycles. The highest BCUT2D eigenvalue weighted by molar-refractivity contribution is 7.92. The smallest absolute Gasteiger partial charge is 0.243 e. The zero-order valence-electron chi connectivity index (χ0n) is 25.3. The summed E-state index contributed by atoms with van der Waals surface area (Å²) in [4.78, 5) is 29.3. The van der Waals surface area contributed by atoms with Gasteiger partial charge in [0.1, 0.15) is 11.9 Å². The van der Waals surface area contributed by atoms with Crippen molar-refractivity contribution >= 4 is 27.5 Å². The average Bonchev–Trinajstić information content (AvgIpc) is 3.48. The number of amides is 2. The van der Waals surface area contributed by atoms with Crippen LogP contribution in [-0.2, 0) is 32.6 Å². The third-order valence-electron chi connectivity index (χ3n) is 8.27. The van der Waals surface area contributed by atoms with Gasteiger partial charge in [-0.1, -0.05) is 73.5 Å². The van der Waals surface area contributed by atoms with E-state index < -0.39 is 21.9 Å². The Balaban J connectivity index is 1.61. The van der Waals surface area contributed by atoms with E-state index >= 15 is 0 Å². The molecule has 1 fully saturated rings. The second-order valence-corrected chi connectivity index (χ2v) is 13.4. The van der Waals surface area contributed by atoms with Crippen LogP contribution in [0.15, 0.2) is 72.8 Å². The Hall–Kier alpha value is -3.72. The first-order valence-electron chi connectivity index (χ1n) is 15.0. The molecule has 2 amide bonds. The molecular weight excluding hydrogens is 565 g/mol. The summed E-state index contributed by atoms with van der Waals surface area (Å²) in [5, 5.41) is 3.15. The summed E-state index contributed by atoms with van der Waals surface area (Å²) in [6.45, 7) is 3.82. The number of benzene rings is 3. The second-order valence-electron chi connectivity index (χ2n) is 11.5. The van der Waals surface area contributed by atoms with E-state index in [2.05, 4.69) is 5.32 Å². The third-order valence-corrected chi connectivity index (χ3v) is 9.45. The monoisotopic (exact) mass is 607 g/mol. The predicted octanol–water partition coefficient (Wildman–Crippen LogP) is 5.69. The predicted molar refractivity (Wildman–Crippen MR) is 169 cm³/mol. The topological polar surface area (TPSA) is 86.8 Å². The van der Waals surface area contributed by atoms with Crippen molar-refractivity contribution in [3.63, 3.8) is 0 Å². The lowest BCUT2D eigenvalue weighted by molar-refractivity contribution is -0.141. The minimum absolute atomic E-state index is 0.00661. The molecule has 9 heteroatoms. The fourth-order valence-electron chi connectivity index (χ4n) is 5.72. The van der Waals surface area contributed by atoms with Crippen LogP contribution in [0.4, 0.5) is 10.1 Å². The maximum Gasteiger partial charge on any atom is 0.243 e. The average molecular weight is 608 g/mol. The molecule has 1 atom stereocenters. The first-order chi connectivity index (χ1) is 20.5. The molecule has 0 unspecified atom stereocenters. The van der Waals surface area contributed by atoms with Crippen molar-refractivity contribution in [1.82, 2.24) is 10.2 Å². The summed E-state index contributed by atoms with van der Waals surface area (Å²) >= 11 is 0. The lowest BCUT2D eigenvalue weighted by atomic mass is 10.0. The summed E-state index contributed by atoms with van der Waals surface area (Å²) in [7, 11) is -3.62. The number of nitrogens with one attached hydrogen (secondary N) is 1. The molecule has 230 valence electrons. The van der Waals surface area contributed by atoms with Crippen LogP contribution in [0.2, 0.25) is 0 Å². The number of sulfonamides is 1. The standard InChI is InChI=1S/C34H42FN3O4S/c1-25-13-11-20-31(26(25)2)38(43(3,41)42)22-12-21-33(39)37(24-28-16-7-10-19-30(28)35)32(23-27-14-5-4-6-15-27)34(40)36-29-17-8-9-18-29/h4-7,10-11,13-16,19-20,29,32H,8-9,12,17-18,21-24H2,1-3H3,(H,36,40)/t32-/m0/s1. The number of rotatable bonds is 13. The van der Waals surface area contributed by atoms with Gasteiger partial charge in [0, 0.05) is 37.5 Å². The van der Waals surface area contributed by atoms with E-state index in [9.17, 15) is 22.4 Å². The van der Waals surface area contributed by atoms with E-state index in [-0.39, 0.29) is 50.2 Å². The Labute approximate surface area is 255 Å². The van der Waals surface area contributed by atoms with Crippen LogP contribution in [0.5, 0.6) is 0 Å². The van der Waals surface area contributed by atoms with E-state index in [0.29, 0.717) is 11.3 Å². The Bertz CT molecular complexity index is 1510. The first-order valence-corrected chi connectivity index (χ1v) is 16.8. The van der Waals surface area contributed by atoms with Gasteiger partial charge >= 0.3 is 0 Å². The molecule has 3 aromatic carbocycles. The van der Waals surface area contributed by atoms with Crippen LogP contribution in [-0.4, -0.2) is 50.0 Å². The molecule has 1 aliphatic rings. The minimum atomic E-state index is -3.62. The Morgan fingerprint density at radius 1 is 0.953 bits per heavy atom. The number of hydrogen-bond donors (Lipinski definition) is 1. The van der Waals surface area contributed by atoms with E-state index in [0.717, 1.165) is 48.6 Å². The number of carbonyl (C=O) groups is 2. The molecule has 0 aromatic heterocycles. The van der Waals surface area contributed by atoms with Crippen molar-refractivity contribution in [2.24, 2.45) is 0 Å². The number of carbonyl (C=O) groups excluding carboxylic acids is 2. The summed E-state index contributed by atoms with van der Waals surface area (Å²) in [5.74, 6) is -1.04. The van der Waals surface area contributed by atoms with Crippen molar-refractivity contribution in [2.75, 3.05) is 17.1 Å². The van der Waals surface area contributed by atoms with Crippen LogP contribution in [0.25, 0.3) is 0 Å². The highest BCUT2D eigenvalue weighted by Gasteiger charge is 2.32. The second kappa shape index (κ2) is 14.6. The van der Waals surface area contributed by atoms with Gasteiger partial charge in [0.15, 0.2) is 0 Å². The van der Waals surface area contributed by atoms with Gasteiger partial charge in [0.25, 0.3) is 0 Å². The van der Waals surface area contributed by atoms with E-state index in [4.69, 9.17) is 0 Å². The van der Waals surface area contributed by atoms with Gasteiger partial charge in [-0.2, -0.15) is 0 Å². The van der Waals surface area contributed by atoms with Crippen LogP contribution in [0, 0.1) is 19.7 Å². The van der Waals surface area contributed by atoms with Crippen LogP contribution in [0.1, 0.15) is 60.8 Å². The van der Waals surface area contributed by atoms with Gasteiger partial charge in [-0.15, -0.1) is 0 Å². The number of hydrogen-bond acceptors (Lipinski definition) is 4. The maximum atomic E-state index is 14.9. The zero-order chi connectivity index (χ0) is 31.0. The van der Waals surface area contributed by atoms with Crippen LogP contribution >= 0.6 is 0 Å². The van der Waals surface area contributed by atoms with Gasteiger partial charge in [-0.25, -0.2) is 12.8 Å². The van der Waals surface area contributed by atoms with Crippen molar-refractivity contribution in [1.29, 1.82) is 0 Å². The van der Waals surface area contributed by atoms with Crippen molar-refractivity contribution in [3.05, 3.63) is 101 Å². The molecule has 4 rings (SSSR count). The molecule has 1 saturated carbocycles. The summed E-state index contributed by atoms with van der Waals surface area (Å²) in [6, 6.07) is 20.4. The Kier molecular flexibility index (Phi) is 11.0. The summed E-state index contributed by atoms with van der Waals surface area (Å²) in [5.41, 5.74) is 3.60. The lowest BCUT2D eigenvalue weighted by Gasteiger charge is -2.33. The summed E-state index contributed by atoms with van der Waals surface area (Å²) in [6.07, 6.45) is 5.53. The molecule has 3 aromatic rings. The molecule has 0 radical (unpaired) electrons. The Morgan fingerprint density at radius 3 is 2.30 bits per heavy atom. The van der Waals surface area contributed by atoms with E-state index in [1.54, 1.807) is 24.3 Å². The lowest BCUT2D eigenvalue weighted by Crippen LogP contribution is -2.52. The largest absolute Gasteiger partial charge is 0.352 e. The van der Waals surface area contributed by atoms with Crippen molar-refractivity contribution in [3.8, 4) is 0 Å². The molecule has 0 saturated heterocycles. The number of halogens is 1. The first kappa shape index (κ1) is 32.2. The molecule has 0 bridgehead atoms.